The molecule has 2 aromatic rings. The number of sulfonamides is 1. The van der Waals surface area contributed by atoms with Gasteiger partial charge in [0, 0.05) is 18.8 Å². The molecule has 0 amide bonds. The molecule has 2 rings (SSSR count). The van der Waals surface area contributed by atoms with Gasteiger partial charge in [0.25, 0.3) is 10.0 Å². The van der Waals surface area contributed by atoms with Crippen LogP contribution in [-0.2, 0) is 23.0 Å². The smallest absolute Gasteiger partial charge is 0.258 e. The third-order valence-corrected chi connectivity index (χ3v) is 3.52. The van der Waals surface area contributed by atoms with Gasteiger partial charge in [-0.3, -0.25) is 0 Å². The summed E-state index contributed by atoms with van der Waals surface area (Å²) in [6.07, 6.45) is 5.17. The van der Waals surface area contributed by atoms with Crippen LogP contribution in [0.5, 0.6) is 0 Å². The van der Waals surface area contributed by atoms with E-state index in [0.717, 1.165) is 0 Å². The molecule has 0 aliphatic heterocycles. The first kappa shape index (κ1) is 11.8. The van der Waals surface area contributed by atoms with Crippen LogP contribution in [-0.4, -0.2) is 28.4 Å². The summed E-state index contributed by atoms with van der Waals surface area (Å²) in [5.41, 5.74) is 0. The Morgan fingerprint density at radius 2 is 2.18 bits per heavy atom. The third-order valence-electron chi connectivity index (χ3n) is 2.21. The lowest BCUT2D eigenvalue weighted by atomic mass is 10.5. The number of hydrogen-bond acceptors (Lipinski definition) is 4. The van der Waals surface area contributed by atoms with Crippen molar-refractivity contribution in [3.8, 4) is 0 Å². The number of rotatable bonds is 5. The first-order chi connectivity index (χ1) is 8.12. The Kier molecular flexibility index (Phi) is 3.25. The van der Waals surface area contributed by atoms with E-state index in [1.54, 1.807) is 12.4 Å². The Labute approximate surface area is 98.8 Å². The zero-order valence-corrected chi connectivity index (χ0v) is 10.1. The summed E-state index contributed by atoms with van der Waals surface area (Å²) in [7, 11) is -3.55. The van der Waals surface area contributed by atoms with Crippen LogP contribution in [0.4, 0.5) is 0 Å². The van der Waals surface area contributed by atoms with Gasteiger partial charge in [-0.15, -0.1) is 0 Å². The Bertz CT molecular complexity index is 572. The Hall–Kier alpha value is -1.67. The molecule has 0 atom stereocenters. The highest BCUT2D eigenvalue weighted by Gasteiger charge is 2.16. The van der Waals surface area contributed by atoms with Crippen LogP contribution in [0.25, 0.3) is 0 Å². The van der Waals surface area contributed by atoms with Crippen molar-refractivity contribution in [3.63, 3.8) is 0 Å². The standard InChI is InChI=1S/C9H13N5O2S/c1-2-7-12-6-9(14-7)17(15,16)13-5-8-10-3-4-11-8/h3-4,6,13H,2,5H2,1H3,(H,10,11)(H,12,14). The van der Waals surface area contributed by atoms with Crippen LogP contribution >= 0.6 is 0 Å². The number of H-pyrrole nitrogens is 2. The van der Waals surface area contributed by atoms with Crippen molar-refractivity contribution >= 4 is 10.0 Å². The summed E-state index contributed by atoms with van der Waals surface area (Å²) >= 11 is 0. The Morgan fingerprint density at radius 3 is 2.76 bits per heavy atom. The van der Waals surface area contributed by atoms with Gasteiger partial charge in [0.2, 0.25) is 0 Å². The molecule has 0 saturated heterocycles. The molecule has 2 heterocycles. The first-order valence-electron chi connectivity index (χ1n) is 5.13. The molecular weight excluding hydrogens is 242 g/mol. The molecule has 0 aromatic carbocycles. The maximum atomic E-state index is 11.8. The average Bonchev–Trinajstić information content (AvgIpc) is 2.98. The second kappa shape index (κ2) is 4.68. The van der Waals surface area contributed by atoms with Gasteiger partial charge < -0.3 is 9.97 Å². The number of aromatic nitrogens is 4. The normalized spacial score (nSPS) is 11.8. The fraction of sp³-hybridized carbons (Fsp3) is 0.333. The predicted molar refractivity (Wildman–Crippen MR) is 60.6 cm³/mol. The summed E-state index contributed by atoms with van der Waals surface area (Å²) in [4.78, 5) is 13.4. The van der Waals surface area contributed by atoms with E-state index in [-0.39, 0.29) is 11.6 Å². The number of imidazole rings is 2. The van der Waals surface area contributed by atoms with Crippen molar-refractivity contribution in [2.75, 3.05) is 0 Å². The van der Waals surface area contributed by atoms with Crippen molar-refractivity contribution in [1.82, 2.24) is 24.7 Å². The van der Waals surface area contributed by atoms with Gasteiger partial charge in [0.1, 0.15) is 11.6 Å². The van der Waals surface area contributed by atoms with Crippen molar-refractivity contribution < 1.29 is 8.42 Å². The monoisotopic (exact) mass is 255 g/mol. The van der Waals surface area contributed by atoms with Crippen molar-refractivity contribution in [2.24, 2.45) is 0 Å². The van der Waals surface area contributed by atoms with Gasteiger partial charge in [0.15, 0.2) is 5.03 Å². The third kappa shape index (κ3) is 2.71. The van der Waals surface area contributed by atoms with Crippen LogP contribution in [0, 0.1) is 0 Å². The van der Waals surface area contributed by atoms with E-state index >= 15 is 0 Å². The van der Waals surface area contributed by atoms with Crippen LogP contribution < -0.4 is 4.72 Å². The topological polar surface area (TPSA) is 104 Å². The molecule has 0 aliphatic rings. The fourth-order valence-corrected chi connectivity index (χ4v) is 2.22. The van der Waals surface area contributed by atoms with E-state index in [1.807, 2.05) is 6.92 Å². The van der Waals surface area contributed by atoms with Crippen molar-refractivity contribution in [3.05, 3.63) is 30.2 Å². The summed E-state index contributed by atoms with van der Waals surface area (Å²) in [6, 6.07) is 0. The summed E-state index contributed by atoms with van der Waals surface area (Å²) in [5, 5.41) is 0.0703. The Morgan fingerprint density at radius 1 is 1.35 bits per heavy atom. The molecule has 0 fully saturated rings. The maximum absolute atomic E-state index is 11.8. The lowest BCUT2D eigenvalue weighted by Crippen LogP contribution is -2.24. The molecule has 0 bridgehead atoms. The zero-order chi connectivity index (χ0) is 12.3. The molecule has 0 saturated carbocycles. The van der Waals surface area contributed by atoms with E-state index in [1.165, 1.54) is 6.20 Å². The SMILES string of the molecule is CCc1ncc(S(=O)(=O)NCc2ncc[nH]2)[nH]1. The minimum atomic E-state index is -3.55. The zero-order valence-electron chi connectivity index (χ0n) is 9.27. The lowest BCUT2D eigenvalue weighted by Gasteiger charge is -2.02. The van der Waals surface area contributed by atoms with Gasteiger partial charge in [-0.05, 0) is 0 Å². The van der Waals surface area contributed by atoms with E-state index in [0.29, 0.717) is 18.1 Å². The van der Waals surface area contributed by atoms with Gasteiger partial charge >= 0.3 is 0 Å². The van der Waals surface area contributed by atoms with Crippen LogP contribution in [0.3, 0.4) is 0 Å². The quantitative estimate of drug-likeness (QED) is 0.708. The molecule has 7 nitrogen and oxygen atoms in total. The van der Waals surface area contributed by atoms with E-state index < -0.39 is 10.0 Å². The second-order valence-corrected chi connectivity index (χ2v) is 5.14. The highest BCUT2D eigenvalue weighted by atomic mass is 32.2. The second-order valence-electron chi connectivity index (χ2n) is 3.41. The molecule has 0 radical (unpaired) electrons. The molecule has 0 aliphatic carbocycles. The molecule has 17 heavy (non-hydrogen) atoms. The maximum Gasteiger partial charge on any atom is 0.258 e. The highest BCUT2D eigenvalue weighted by molar-refractivity contribution is 7.89. The van der Waals surface area contributed by atoms with Gasteiger partial charge in [-0.2, -0.15) is 0 Å². The number of aromatic amines is 2. The van der Waals surface area contributed by atoms with Crippen LogP contribution in [0.2, 0.25) is 0 Å². The van der Waals surface area contributed by atoms with E-state index in [4.69, 9.17) is 0 Å². The average molecular weight is 255 g/mol. The first-order valence-corrected chi connectivity index (χ1v) is 6.62. The van der Waals surface area contributed by atoms with E-state index in [9.17, 15) is 8.42 Å². The molecule has 8 heteroatoms. The molecule has 3 N–H and O–H groups in total. The fourth-order valence-electron chi connectivity index (χ4n) is 1.30. The van der Waals surface area contributed by atoms with Gasteiger partial charge in [-0.1, -0.05) is 6.92 Å². The largest absolute Gasteiger partial charge is 0.347 e. The minimum Gasteiger partial charge on any atom is -0.347 e. The van der Waals surface area contributed by atoms with Crippen LogP contribution in [0.15, 0.2) is 23.6 Å². The summed E-state index contributed by atoms with van der Waals surface area (Å²) in [5.74, 6) is 1.20. The summed E-state index contributed by atoms with van der Waals surface area (Å²) in [6.45, 7) is 2.02. The summed E-state index contributed by atoms with van der Waals surface area (Å²) < 4.78 is 26.1. The van der Waals surface area contributed by atoms with Gasteiger partial charge in [-0.25, -0.2) is 23.1 Å². The van der Waals surface area contributed by atoms with E-state index in [2.05, 4.69) is 24.7 Å². The lowest BCUT2D eigenvalue weighted by molar-refractivity contribution is 0.576. The van der Waals surface area contributed by atoms with Crippen molar-refractivity contribution in [1.29, 1.82) is 0 Å². The molecule has 2 aromatic heterocycles. The molecule has 92 valence electrons. The Balaban J connectivity index is 2.08. The molecule has 0 spiro atoms. The molecule has 0 unspecified atom stereocenters. The number of nitrogens with one attached hydrogen (secondary N) is 3. The van der Waals surface area contributed by atoms with Crippen molar-refractivity contribution in [2.45, 2.75) is 24.9 Å². The van der Waals surface area contributed by atoms with Crippen LogP contribution in [0.1, 0.15) is 18.6 Å². The predicted octanol–water partition coefficient (Wildman–Crippen LogP) is 0.174. The number of aryl methyl sites for hydroxylation is 1. The highest BCUT2D eigenvalue weighted by Crippen LogP contribution is 2.06. The number of nitrogens with zero attached hydrogens (tertiary/aromatic N) is 2. The minimum absolute atomic E-state index is 0.0703. The van der Waals surface area contributed by atoms with Gasteiger partial charge in [0.05, 0.1) is 12.7 Å². The number of hydrogen-bond donors (Lipinski definition) is 3. The molecular formula is C9H13N5O2S.